The van der Waals surface area contributed by atoms with Crippen molar-refractivity contribution in [3.8, 4) is 79.0 Å². The Morgan fingerprint density at radius 1 is 0.333 bits per heavy atom. The molecule has 2 aliphatic rings. The molecule has 280 valence electrons. The molecule has 0 unspecified atom stereocenters. The predicted molar refractivity (Wildman–Crippen MR) is 240 cm³/mol. The number of ether oxygens (including phenoxy) is 1. The topological polar surface area (TPSA) is 60.8 Å². The van der Waals surface area contributed by atoms with E-state index in [0.29, 0.717) is 17.5 Å². The van der Waals surface area contributed by atoms with Crippen molar-refractivity contribution in [3.05, 3.63) is 229 Å². The third-order valence-corrected chi connectivity index (χ3v) is 12.0. The van der Waals surface area contributed by atoms with Crippen LogP contribution in [0.4, 0.5) is 0 Å². The molecule has 0 saturated heterocycles. The van der Waals surface area contributed by atoms with Crippen LogP contribution in [0.15, 0.2) is 206 Å². The molecule has 1 aliphatic heterocycles. The number of rotatable bonds is 5. The van der Waals surface area contributed by atoms with Crippen LogP contribution < -0.4 is 4.74 Å². The Morgan fingerprint density at radius 2 is 0.833 bits per heavy atom. The van der Waals surface area contributed by atoms with E-state index in [2.05, 4.69) is 158 Å². The van der Waals surface area contributed by atoms with Gasteiger partial charge in [-0.2, -0.15) is 0 Å². The molecule has 8 aromatic carbocycles. The van der Waals surface area contributed by atoms with E-state index in [1.165, 1.54) is 22.3 Å². The Hall–Kier alpha value is -8.02. The second kappa shape index (κ2) is 13.5. The normalized spacial score (nSPS) is 12.9. The van der Waals surface area contributed by atoms with Crippen LogP contribution in [0.5, 0.6) is 11.5 Å². The molecule has 0 radical (unpaired) electrons. The van der Waals surface area contributed by atoms with Crippen LogP contribution in [-0.2, 0) is 5.41 Å². The Morgan fingerprint density at radius 3 is 1.53 bits per heavy atom. The summed E-state index contributed by atoms with van der Waals surface area (Å²) in [7, 11) is 0. The molecule has 0 saturated carbocycles. The fraction of sp³-hybridized carbons (Fsp3) is 0.0182. The van der Waals surface area contributed by atoms with Gasteiger partial charge in [-0.25, -0.2) is 15.0 Å². The van der Waals surface area contributed by atoms with Crippen LogP contribution in [-0.4, -0.2) is 19.9 Å². The van der Waals surface area contributed by atoms with Crippen LogP contribution in [0.2, 0.25) is 0 Å². The van der Waals surface area contributed by atoms with Gasteiger partial charge in [-0.3, -0.25) is 4.98 Å². The van der Waals surface area contributed by atoms with Gasteiger partial charge in [0.2, 0.25) is 0 Å². The monoisotopic (exact) mass is 766 g/mol. The lowest BCUT2D eigenvalue weighted by atomic mass is 9.65. The molecule has 1 spiro atoms. The zero-order valence-corrected chi connectivity index (χ0v) is 32.3. The van der Waals surface area contributed by atoms with Crippen LogP contribution in [0.1, 0.15) is 22.3 Å². The molecule has 0 atom stereocenters. The van der Waals surface area contributed by atoms with Crippen molar-refractivity contribution >= 4 is 10.9 Å². The Bertz CT molecular complexity index is 3260. The van der Waals surface area contributed by atoms with Gasteiger partial charge >= 0.3 is 0 Å². The number of hydrogen-bond acceptors (Lipinski definition) is 5. The summed E-state index contributed by atoms with van der Waals surface area (Å²) in [5.41, 5.74) is 14.3. The molecule has 2 aromatic heterocycles. The average Bonchev–Trinajstić information content (AvgIpc) is 3.62. The van der Waals surface area contributed by atoms with Gasteiger partial charge in [0, 0.05) is 45.0 Å². The van der Waals surface area contributed by atoms with Gasteiger partial charge < -0.3 is 4.74 Å². The molecule has 5 heteroatoms. The minimum Gasteiger partial charge on any atom is -0.457 e. The quantitative estimate of drug-likeness (QED) is 0.175. The molecule has 0 bridgehead atoms. The van der Waals surface area contributed by atoms with Crippen LogP contribution in [0, 0.1) is 0 Å². The first kappa shape index (κ1) is 34.1. The van der Waals surface area contributed by atoms with E-state index in [-0.39, 0.29) is 0 Å². The maximum absolute atomic E-state index is 6.94. The van der Waals surface area contributed by atoms with Crippen molar-refractivity contribution in [2.75, 3.05) is 0 Å². The maximum Gasteiger partial charge on any atom is 0.164 e. The van der Waals surface area contributed by atoms with E-state index in [4.69, 9.17) is 24.7 Å². The summed E-state index contributed by atoms with van der Waals surface area (Å²) in [6.07, 6.45) is 1.87. The largest absolute Gasteiger partial charge is 0.457 e. The summed E-state index contributed by atoms with van der Waals surface area (Å²) in [6, 6.07) is 70.1. The smallest absolute Gasteiger partial charge is 0.164 e. The maximum atomic E-state index is 6.94. The van der Waals surface area contributed by atoms with Crippen molar-refractivity contribution in [1.82, 2.24) is 19.9 Å². The van der Waals surface area contributed by atoms with Gasteiger partial charge in [0.05, 0.1) is 10.9 Å². The molecule has 0 amide bonds. The van der Waals surface area contributed by atoms with Gasteiger partial charge in [0.15, 0.2) is 17.5 Å². The first-order valence-electron chi connectivity index (χ1n) is 20.2. The van der Waals surface area contributed by atoms with Crippen LogP contribution in [0.3, 0.4) is 0 Å². The summed E-state index contributed by atoms with van der Waals surface area (Å²) in [5, 5.41) is 1.10. The van der Waals surface area contributed by atoms with Crippen molar-refractivity contribution in [3.63, 3.8) is 0 Å². The molecule has 0 N–H and O–H groups in total. The third-order valence-electron chi connectivity index (χ3n) is 12.0. The summed E-state index contributed by atoms with van der Waals surface area (Å²) < 4.78 is 6.94. The standard InChI is InChI=1S/C55H34N4O/c1-3-14-35(15-4-1)38-19-11-20-40(32-38)53-57-52(37-16-5-2-6-17-37)58-54(59-53)41-28-30-50-48(34-41)55(45-25-9-7-22-43(45)44-23-8-10-26-46(44)55)47-33-39(27-29-49(47)60-50)42-24-12-18-36-21-13-31-56-51(36)42/h1-34H. The highest BCUT2D eigenvalue weighted by molar-refractivity contribution is 5.95. The fourth-order valence-electron chi connectivity index (χ4n) is 9.37. The molecule has 5 nitrogen and oxygen atoms in total. The second-order valence-corrected chi connectivity index (χ2v) is 15.4. The van der Waals surface area contributed by atoms with E-state index in [9.17, 15) is 0 Å². The predicted octanol–water partition coefficient (Wildman–Crippen LogP) is 13.2. The minimum absolute atomic E-state index is 0.586. The number of pyridine rings is 1. The Balaban J connectivity index is 1.10. The molecule has 60 heavy (non-hydrogen) atoms. The first-order valence-corrected chi connectivity index (χ1v) is 20.2. The van der Waals surface area contributed by atoms with Crippen molar-refractivity contribution in [2.24, 2.45) is 0 Å². The van der Waals surface area contributed by atoms with Gasteiger partial charge in [0.1, 0.15) is 11.5 Å². The molecule has 1 aliphatic carbocycles. The lowest BCUT2D eigenvalue weighted by molar-refractivity contribution is 0.436. The molecule has 0 fully saturated rings. The van der Waals surface area contributed by atoms with E-state index < -0.39 is 5.41 Å². The highest BCUT2D eigenvalue weighted by atomic mass is 16.5. The van der Waals surface area contributed by atoms with Gasteiger partial charge in [0.25, 0.3) is 0 Å². The Labute approximate surface area is 347 Å². The van der Waals surface area contributed by atoms with Crippen molar-refractivity contribution in [2.45, 2.75) is 5.41 Å². The van der Waals surface area contributed by atoms with E-state index in [0.717, 1.165) is 72.5 Å². The molecule has 3 heterocycles. The number of hydrogen-bond donors (Lipinski definition) is 0. The number of benzene rings is 8. The zero-order chi connectivity index (χ0) is 39.6. The van der Waals surface area contributed by atoms with Gasteiger partial charge in [-0.1, -0.05) is 158 Å². The molecule has 12 rings (SSSR count). The van der Waals surface area contributed by atoms with Crippen LogP contribution >= 0.6 is 0 Å². The Kier molecular flexibility index (Phi) is 7.69. The first-order chi connectivity index (χ1) is 29.7. The lowest BCUT2D eigenvalue weighted by Crippen LogP contribution is -2.32. The molecular formula is C55H34N4O. The second-order valence-electron chi connectivity index (χ2n) is 15.4. The number of para-hydroxylation sites is 1. The SMILES string of the molecule is c1ccc(-c2cccc(-c3nc(-c4ccccc4)nc(-c4ccc5c(c4)C4(c6cc(-c7cccc8cccnc78)ccc6O5)c5ccccc5-c5ccccc54)n3)c2)cc1. The number of nitrogens with zero attached hydrogens (tertiary/aromatic N) is 4. The lowest BCUT2D eigenvalue weighted by Gasteiger charge is -2.40. The van der Waals surface area contributed by atoms with Crippen molar-refractivity contribution in [1.29, 1.82) is 0 Å². The highest BCUT2D eigenvalue weighted by Crippen LogP contribution is 2.62. The summed E-state index contributed by atoms with van der Waals surface area (Å²) in [4.78, 5) is 20.4. The van der Waals surface area contributed by atoms with Gasteiger partial charge in [-0.05, 0) is 81.4 Å². The molecular weight excluding hydrogens is 733 g/mol. The van der Waals surface area contributed by atoms with E-state index in [1.54, 1.807) is 0 Å². The summed E-state index contributed by atoms with van der Waals surface area (Å²) in [5.74, 6) is 3.43. The third kappa shape index (κ3) is 5.26. The fourth-order valence-corrected chi connectivity index (χ4v) is 9.37. The van der Waals surface area contributed by atoms with Crippen LogP contribution in [0.25, 0.3) is 78.4 Å². The zero-order valence-electron chi connectivity index (χ0n) is 32.3. The summed E-state index contributed by atoms with van der Waals surface area (Å²) >= 11 is 0. The highest BCUT2D eigenvalue weighted by Gasteiger charge is 2.51. The average molecular weight is 767 g/mol. The molecule has 10 aromatic rings. The van der Waals surface area contributed by atoms with Crippen molar-refractivity contribution < 1.29 is 4.74 Å². The minimum atomic E-state index is -0.706. The van der Waals surface area contributed by atoms with E-state index in [1.807, 2.05) is 48.7 Å². The van der Waals surface area contributed by atoms with E-state index >= 15 is 0 Å². The number of fused-ring (bicyclic) bond motifs is 10. The van der Waals surface area contributed by atoms with Gasteiger partial charge in [-0.15, -0.1) is 0 Å². The number of aromatic nitrogens is 4. The summed E-state index contributed by atoms with van der Waals surface area (Å²) in [6.45, 7) is 0.